The van der Waals surface area contributed by atoms with Crippen molar-refractivity contribution in [2.45, 2.75) is 13.5 Å². The van der Waals surface area contributed by atoms with E-state index in [1.807, 2.05) is 43.3 Å². The van der Waals surface area contributed by atoms with Crippen LogP contribution in [0.4, 0.5) is 0 Å². The fourth-order valence-corrected chi connectivity index (χ4v) is 2.68. The van der Waals surface area contributed by atoms with Gasteiger partial charge in [-0.1, -0.05) is 42.5 Å². The minimum Gasteiger partial charge on any atom is -0.504 e. The van der Waals surface area contributed by atoms with E-state index in [4.69, 9.17) is 9.57 Å². The van der Waals surface area contributed by atoms with E-state index < -0.39 is 0 Å². The van der Waals surface area contributed by atoms with Crippen molar-refractivity contribution >= 4 is 17.6 Å². The molecule has 0 unspecified atom stereocenters. The maximum absolute atomic E-state index is 12.8. The van der Waals surface area contributed by atoms with Gasteiger partial charge in [-0.3, -0.25) is 14.6 Å². The second-order valence-electron chi connectivity index (χ2n) is 6.17. The number of pyridine rings is 1. The summed E-state index contributed by atoms with van der Waals surface area (Å²) in [5.74, 6) is 0.0301. The molecule has 1 heterocycles. The number of benzene rings is 2. The Morgan fingerprint density at radius 2 is 1.97 bits per heavy atom. The van der Waals surface area contributed by atoms with Crippen LogP contribution in [0.25, 0.3) is 11.6 Å². The van der Waals surface area contributed by atoms with Crippen molar-refractivity contribution in [3.63, 3.8) is 0 Å². The molecule has 1 aromatic heterocycles. The van der Waals surface area contributed by atoms with E-state index in [1.54, 1.807) is 36.7 Å². The Hall–Kier alpha value is -3.64. The summed E-state index contributed by atoms with van der Waals surface area (Å²) in [5, 5.41) is 9.90. The van der Waals surface area contributed by atoms with E-state index in [9.17, 15) is 9.90 Å². The highest BCUT2D eigenvalue weighted by molar-refractivity contribution is 6.23. The third kappa shape index (κ3) is 5.67. The molecule has 3 rings (SSSR count). The van der Waals surface area contributed by atoms with Crippen molar-refractivity contribution in [3.05, 3.63) is 89.7 Å². The standard InChI is InChI=1S/C23H22N2O4/c1-2-28-22-14-17(10-11-21(22)26)13-20(19-8-4-3-5-9-19)23(27)25-29-16-18-7-6-12-24-15-18/h3-15,26H,2,16H2,1H3,(H,25,27). The molecule has 2 aromatic carbocycles. The molecule has 0 aliphatic rings. The molecule has 6 nitrogen and oxygen atoms in total. The molecule has 0 fully saturated rings. The zero-order chi connectivity index (χ0) is 20.5. The van der Waals surface area contributed by atoms with E-state index in [-0.39, 0.29) is 18.3 Å². The number of amides is 1. The van der Waals surface area contributed by atoms with Crippen LogP contribution < -0.4 is 10.2 Å². The van der Waals surface area contributed by atoms with Gasteiger partial charge >= 0.3 is 0 Å². The highest BCUT2D eigenvalue weighted by Gasteiger charge is 2.13. The number of hydrogen-bond acceptors (Lipinski definition) is 5. The number of phenols is 1. The van der Waals surface area contributed by atoms with Gasteiger partial charge < -0.3 is 9.84 Å². The van der Waals surface area contributed by atoms with E-state index in [1.165, 1.54) is 6.07 Å². The lowest BCUT2D eigenvalue weighted by Crippen LogP contribution is -2.24. The summed E-state index contributed by atoms with van der Waals surface area (Å²) in [6.07, 6.45) is 5.07. The van der Waals surface area contributed by atoms with Gasteiger partial charge in [-0.05, 0) is 47.9 Å². The van der Waals surface area contributed by atoms with Gasteiger partial charge in [0, 0.05) is 18.0 Å². The van der Waals surface area contributed by atoms with E-state index in [2.05, 4.69) is 10.5 Å². The fraction of sp³-hybridized carbons (Fsp3) is 0.130. The van der Waals surface area contributed by atoms with Gasteiger partial charge in [-0.25, -0.2) is 5.48 Å². The van der Waals surface area contributed by atoms with E-state index >= 15 is 0 Å². The van der Waals surface area contributed by atoms with Crippen LogP contribution in [0.1, 0.15) is 23.6 Å². The number of carbonyl (C=O) groups excluding carboxylic acids is 1. The third-order valence-corrected chi connectivity index (χ3v) is 4.05. The van der Waals surface area contributed by atoms with Crippen molar-refractivity contribution in [3.8, 4) is 11.5 Å². The molecule has 29 heavy (non-hydrogen) atoms. The van der Waals surface area contributed by atoms with Crippen LogP contribution in [0, 0.1) is 0 Å². The monoisotopic (exact) mass is 390 g/mol. The second-order valence-corrected chi connectivity index (χ2v) is 6.17. The lowest BCUT2D eigenvalue weighted by atomic mass is 10.0. The van der Waals surface area contributed by atoms with E-state index in [0.717, 1.165) is 11.1 Å². The molecule has 0 atom stereocenters. The molecular weight excluding hydrogens is 368 g/mol. The van der Waals surface area contributed by atoms with Crippen molar-refractivity contribution < 1.29 is 19.5 Å². The van der Waals surface area contributed by atoms with Crippen LogP contribution in [-0.4, -0.2) is 22.6 Å². The van der Waals surface area contributed by atoms with Gasteiger partial charge in [0.1, 0.15) is 6.61 Å². The molecule has 2 N–H and O–H groups in total. The molecule has 0 spiro atoms. The Bertz CT molecular complexity index is 973. The summed E-state index contributed by atoms with van der Waals surface area (Å²) >= 11 is 0. The van der Waals surface area contributed by atoms with Gasteiger partial charge in [0.2, 0.25) is 0 Å². The maximum Gasteiger partial charge on any atom is 0.275 e. The second kappa shape index (κ2) is 10.1. The first-order valence-corrected chi connectivity index (χ1v) is 9.21. The highest BCUT2D eigenvalue weighted by atomic mass is 16.6. The van der Waals surface area contributed by atoms with Gasteiger partial charge in [0.05, 0.1) is 6.61 Å². The molecule has 3 aromatic rings. The van der Waals surface area contributed by atoms with Crippen LogP contribution in [0.5, 0.6) is 11.5 Å². The number of ether oxygens (including phenoxy) is 1. The largest absolute Gasteiger partial charge is 0.504 e. The number of aromatic hydroxyl groups is 1. The number of hydroxylamine groups is 1. The molecule has 0 aliphatic heterocycles. The van der Waals surface area contributed by atoms with Crippen LogP contribution in [0.2, 0.25) is 0 Å². The molecule has 0 bridgehead atoms. The van der Waals surface area contributed by atoms with Crippen molar-refractivity contribution in [2.75, 3.05) is 6.61 Å². The number of nitrogens with zero attached hydrogens (tertiary/aromatic N) is 1. The molecule has 0 saturated heterocycles. The Morgan fingerprint density at radius 3 is 2.69 bits per heavy atom. The first-order valence-electron chi connectivity index (χ1n) is 9.21. The Morgan fingerprint density at radius 1 is 1.14 bits per heavy atom. The molecule has 148 valence electrons. The van der Waals surface area contributed by atoms with Crippen LogP contribution in [-0.2, 0) is 16.2 Å². The smallest absolute Gasteiger partial charge is 0.275 e. The summed E-state index contributed by atoms with van der Waals surface area (Å²) in [6, 6.07) is 17.9. The summed E-state index contributed by atoms with van der Waals surface area (Å²) in [7, 11) is 0. The molecule has 1 amide bonds. The summed E-state index contributed by atoms with van der Waals surface area (Å²) in [5.41, 5.74) is 5.20. The van der Waals surface area contributed by atoms with Crippen LogP contribution in [0.3, 0.4) is 0 Å². The van der Waals surface area contributed by atoms with Gasteiger partial charge in [0.25, 0.3) is 5.91 Å². The van der Waals surface area contributed by atoms with Gasteiger partial charge in [-0.2, -0.15) is 0 Å². The van der Waals surface area contributed by atoms with Crippen molar-refractivity contribution in [1.29, 1.82) is 0 Å². The summed E-state index contributed by atoms with van der Waals surface area (Å²) < 4.78 is 5.43. The number of rotatable bonds is 8. The lowest BCUT2D eigenvalue weighted by Gasteiger charge is -2.11. The highest BCUT2D eigenvalue weighted by Crippen LogP contribution is 2.29. The fourth-order valence-electron chi connectivity index (χ4n) is 2.68. The minimum atomic E-state index is -0.383. The van der Waals surface area contributed by atoms with Crippen molar-refractivity contribution in [2.24, 2.45) is 0 Å². The molecule has 0 aliphatic carbocycles. The Kier molecular flexibility index (Phi) is 6.97. The molecule has 6 heteroatoms. The van der Waals surface area contributed by atoms with Crippen molar-refractivity contribution in [1.82, 2.24) is 10.5 Å². The molecular formula is C23H22N2O4. The maximum atomic E-state index is 12.8. The quantitative estimate of drug-likeness (QED) is 0.346. The predicted octanol–water partition coefficient (Wildman–Crippen LogP) is 3.97. The summed E-state index contributed by atoms with van der Waals surface area (Å²) in [4.78, 5) is 22.2. The lowest BCUT2D eigenvalue weighted by molar-refractivity contribution is -0.128. The minimum absolute atomic E-state index is 0.0505. The van der Waals surface area contributed by atoms with Gasteiger partial charge in [0.15, 0.2) is 11.5 Å². The predicted molar refractivity (Wildman–Crippen MR) is 111 cm³/mol. The normalized spacial score (nSPS) is 11.1. The average molecular weight is 390 g/mol. The van der Waals surface area contributed by atoms with E-state index in [0.29, 0.717) is 23.5 Å². The Balaban J connectivity index is 1.82. The number of carbonyl (C=O) groups is 1. The topological polar surface area (TPSA) is 80.7 Å². The first kappa shape index (κ1) is 20.1. The Labute approximate surface area is 169 Å². The number of nitrogens with one attached hydrogen (secondary N) is 1. The third-order valence-electron chi connectivity index (χ3n) is 4.05. The first-order chi connectivity index (χ1) is 14.2. The number of hydrogen-bond donors (Lipinski definition) is 2. The van der Waals surface area contributed by atoms with Crippen LogP contribution >= 0.6 is 0 Å². The van der Waals surface area contributed by atoms with Crippen LogP contribution in [0.15, 0.2) is 73.1 Å². The number of phenolic OH excluding ortho intramolecular Hbond substituents is 1. The SMILES string of the molecule is CCOc1cc(C=C(C(=O)NOCc2cccnc2)c2ccccc2)ccc1O. The average Bonchev–Trinajstić information content (AvgIpc) is 2.75. The zero-order valence-corrected chi connectivity index (χ0v) is 16.0. The molecule has 0 radical (unpaired) electrons. The summed E-state index contributed by atoms with van der Waals surface area (Å²) in [6.45, 7) is 2.47. The molecule has 0 saturated carbocycles. The van der Waals surface area contributed by atoms with Gasteiger partial charge in [-0.15, -0.1) is 0 Å². The number of aromatic nitrogens is 1. The zero-order valence-electron chi connectivity index (χ0n) is 16.0.